The molecular weight excluding hydrogens is 272 g/mol. The van der Waals surface area contributed by atoms with Gasteiger partial charge in [0.1, 0.15) is 10.8 Å². The third kappa shape index (κ3) is 1.85. The summed E-state index contributed by atoms with van der Waals surface area (Å²) < 4.78 is 0. The third-order valence-electron chi connectivity index (χ3n) is 6.32. The Kier molecular flexibility index (Phi) is 2.90. The highest BCUT2D eigenvalue weighted by molar-refractivity contribution is 5.91. The first kappa shape index (κ1) is 14.4. The molecule has 0 aromatic heterocycles. The van der Waals surface area contributed by atoms with Crippen molar-refractivity contribution in [2.24, 2.45) is 10.8 Å². The van der Waals surface area contributed by atoms with Crippen molar-refractivity contribution >= 4 is 5.78 Å². The monoisotopic (exact) mass is 300 g/mol. The van der Waals surface area contributed by atoms with Crippen LogP contribution in [-0.2, 0) is 4.79 Å². The lowest BCUT2D eigenvalue weighted by molar-refractivity contribution is -1.18. The maximum atomic E-state index is 12.8. The lowest BCUT2D eigenvalue weighted by atomic mass is 9.62. The fourth-order valence-corrected chi connectivity index (χ4v) is 5.55. The molecule has 22 heavy (non-hydrogen) atoms. The molecular formula is C19H28N2O+2. The molecule has 1 aromatic rings. The van der Waals surface area contributed by atoms with Crippen molar-refractivity contribution in [3.8, 4) is 0 Å². The summed E-state index contributed by atoms with van der Waals surface area (Å²) in [6, 6.07) is 9.24. The first-order valence-electron chi connectivity index (χ1n) is 8.66. The molecule has 1 aromatic carbocycles. The van der Waals surface area contributed by atoms with E-state index in [1.165, 1.54) is 11.1 Å². The minimum absolute atomic E-state index is 0.0930. The highest BCUT2D eigenvalue weighted by Gasteiger charge is 2.68. The summed E-state index contributed by atoms with van der Waals surface area (Å²) in [6.45, 7) is 12.9. The maximum Gasteiger partial charge on any atom is 0.240 e. The molecule has 4 heterocycles. The summed E-state index contributed by atoms with van der Waals surface area (Å²) >= 11 is 0. The van der Waals surface area contributed by atoms with Gasteiger partial charge in [-0.05, 0) is 37.5 Å². The maximum absolute atomic E-state index is 12.8. The number of hydrogen-bond acceptors (Lipinski definition) is 1. The van der Waals surface area contributed by atoms with E-state index in [1.54, 1.807) is 9.80 Å². The Bertz CT molecular complexity index is 579. The Labute approximate surface area is 133 Å². The topological polar surface area (TPSA) is 26.0 Å². The van der Waals surface area contributed by atoms with Crippen LogP contribution in [0.25, 0.3) is 0 Å². The SMILES string of the molecule is CC(C)c1ccc(C2[NH+]3CC4(C)C[NH+]2CC(C)(C3)C4=O)cc1. The second-order valence-electron chi connectivity index (χ2n) is 8.73. The van der Waals surface area contributed by atoms with Gasteiger partial charge in [-0.15, -0.1) is 0 Å². The summed E-state index contributed by atoms with van der Waals surface area (Å²) in [7, 11) is 0. The average molecular weight is 300 g/mol. The highest BCUT2D eigenvalue weighted by atomic mass is 16.1. The summed E-state index contributed by atoms with van der Waals surface area (Å²) in [5.41, 5.74) is 2.68. The molecule has 118 valence electrons. The van der Waals surface area contributed by atoms with Crippen LogP contribution in [-0.4, -0.2) is 32.0 Å². The minimum atomic E-state index is -0.0930. The number of Topliss-reactive ketones (excluding diaryl/α,β-unsaturated/α-hetero) is 1. The molecule has 4 bridgehead atoms. The summed E-state index contributed by atoms with van der Waals surface area (Å²) in [5.74, 6) is 1.12. The average Bonchev–Trinajstić information content (AvgIpc) is 2.44. The molecule has 0 spiro atoms. The standard InChI is InChI=1S/C19H26N2O/c1-13(2)14-5-7-15(8-6-14)16-20-9-18(3)10-21(16)12-19(4,11-20)17(18)22/h5-8,13,16H,9-12H2,1-4H3/p+2. The van der Waals surface area contributed by atoms with Gasteiger partial charge in [0.15, 0.2) is 5.78 Å². The second kappa shape index (κ2) is 4.42. The number of nitrogens with one attached hydrogen (secondary N) is 2. The van der Waals surface area contributed by atoms with Crippen LogP contribution in [0.2, 0.25) is 0 Å². The molecule has 0 aliphatic carbocycles. The zero-order chi connectivity index (χ0) is 15.7. The minimum Gasteiger partial charge on any atom is -0.297 e. The second-order valence-corrected chi connectivity index (χ2v) is 8.73. The van der Waals surface area contributed by atoms with Crippen LogP contribution >= 0.6 is 0 Å². The Hall–Kier alpha value is -1.19. The van der Waals surface area contributed by atoms with Crippen LogP contribution in [0.3, 0.4) is 0 Å². The van der Waals surface area contributed by atoms with Crippen LogP contribution in [0.5, 0.6) is 0 Å². The smallest absolute Gasteiger partial charge is 0.240 e. The summed E-state index contributed by atoms with van der Waals surface area (Å²) in [5, 5.41) is 0. The van der Waals surface area contributed by atoms with Crippen LogP contribution < -0.4 is 9.80 Å². The Morgan fingerprint density at radius 2 is 1.41 bits per heavy atom. The van der Waals surface area contributed by atoms with Crippen LogP contribution in [0.1, 0.15) is 50.9 Å². The number of benzene rings is 1. The quantitative estimate of drug-likeness (QED) is 0.802. The van der Waals surface area contributed by atoms with Gasteiger partial charge < -0.3 is 0 Å². The molecule has 0 atom stereocenters. The van der Waals surface area contributed by atoms with E-state index in [4.69, 9.17) is 0 Å². The van der Waals surface area contributed by atoms with E-state index in [9.17, 15) is 4.79 Å². The zero-order valence-electron chi connectivity index (χ0n) is 14.2. The number of hydrogen-bond donors (Lipinski definition) is 2. The predicted molar refractivity (Wildman–Crippen MR) is 85.9 cm³/mol. The molecule has 4 aliphatic rings. The van der Waals surface area contributed by atoms with Crippen molar-refractivity contribution in [2.75, 3.05) is 26.2 Å². The predicted octanol–water partition coefficient (Wildman–Crippen LogP) is 0.201. The van der Waals surface area contributed by atoms with E-state index in [-0.39, 0.29) is 10.8 Å². The van der Waals surface area contributed by atoms with E-state index in [1.807, 2.05) is 0 Å². The number of quaternary nitrogens is 2. The Morgan fingerprint density at radius 1 is 0.955 bits per heavy atom. The molecule has 0 amide bonds. The molecule has 5 rings (SSSR count). The van der Waals surface area contributed by atoms with Crippen molar-refractivity contribution in [1.29, 1.82) is 0 Å². The zero-order valence-corrected chi connectivity index (χ0v) is 14.2. The molecule has 0 saturated carbocycles. The van der Waals surface area contributed by atoms with Gasteiger partial charge in [0, 0.05) is 0 Å². The summed E-state index contributed by atoms with van der Waals surface area (Å²) in [4.78, 5) is 16.0. The van der Waals surface area contributed by atoms with Crippen LogP contribution in [0, 0.1) is 10.8 Å². The number of rotatable bonds is 2. The van der Waals surface area contributed by atoms with Crippen LogP contribution in [0.4, 0.5) is 0 Å². The van der Waals surface area contributed by atoms with Crippen molar-refractivity contribution < 1.29 is 14.6 Å². The Morgan fingerprint density at radius 3 is 1.82 bits per heavy atom. The molecule has 3 heteroatoms. The van der Waals surface area contributed by atoms with Crippen molar-refractivity contribution in [2.45, 2.75) is 39.8 Å². The lowest BCUT2D eigenvalue weighted by Gasteiger charge is -2.58. The van der Waals surface area contributed by atoms with E-state index in [0.29, 0.717) is 17.9 Å². The van der Waals surface area contributed by atoms with Gasteiger partial charge in [-0.1, -0.05) is 26.0 Å². The van der Waals surface area contributed by atoms with Gasteiger partial charge in [0.05, 0.1) is 31.7 Å². The number of carbonyl (C=O) groups excluding carboxylic acids is 1. The lowest BCUT2D eigenvalue weighted by Crippen LogP contribution is -3.41. The first-order valence-corrected chi connectivity index (χ1v) is 8.66. The molecule has 3 nitrogen and oxygen atoms in total. The van der Waals surface area contributed by atoms with Crippen LogP contribution in [0.15, 0.2) is 24.3 Å². The fourth-order valence-electron chi connectivity index (χ4n) is 5.55. The van der Waals surface area contributed by atoms with Crippen molar-refractivity contribution in [3.05, 3.63) is 35.4 Å². The van der Waals surface area contributed by atoms with Crippen molar-refractivity contribution in [3.63, 3.8) is 0 Å². The number of carbonyl (C=O) groups is 1. The van der Waals surface area contributed by atoms with E-state index in [2.05, 4.69) is 52.0 Å². The van der Waals surface area contributed by atoms with E-state index < -0.39 is 0 Å². The molecule has 0 unspecified atom stereocenters. The largest absolute Gasteiger partial charge is 0.297 e. The van der Waals surface area contributed by atoms with E-state index >= 15 is 0 Å². The molecule has 2 N–H and O–H groups in total. The van der Waals surface area contributed by atoms with Gasteiger partial charge in [-0.25, -0.2) is 0 Å². The highest BCUT2D eigenvalue weighted by Crippen LogP contribution is 2.36. The van der Waals surface area contributed by atoms with Gasteiger partial charge in [-0.2, -0.15) is 0 Å². The molecule has 0 radical (unpaired) electrons. The van der Waals surface area contributed by atoms with Crippen molar-refractivity contribution in [1.82, 2.24) is 0 Å². The summed E-state index contributed by atoms with van der Waals surface area (Å²) in [6.07, 6.45) is 0.524. The van der Waals surface area contributed by atoms with Gasteiger partial charge in [-0.3, -0.25) is 14.6 Å². The number of ketones is 1. The molecule has 4 aliphatic heterocycles. The van der Waals surface area contributed by atoms with Gasteiger partial charge in [0.25, 0.3) is 0 Å². The fraction of sp³-hybridized carbons (Fsp3) is 0.632. The Balaban J connectivity index is 1.67. The first-order chi connectivity index (χ1) is 10.3. The molecule has 4 saturated heterocycles. The van der Waals surface area contributed by atoms with Gasteiger partial charge in [0.2, 0.25) is 6.17 Å². The third-order valence-corrected chi connectivity index (χ3v) is 6.32. The van der Waals surface area contributed by atoms with Gasteiger partial charge >= 0.3 is 0 Å². The number of piperidine rings is 2. The van der Waals surface area contributed by atoms with E-state index in [0.717, 1.165) is 26.2 Å². The molecule has 4 fully saturated rings. The normalized spacial score (nSPS) is 43.1.